The van der Waals surface area contributed by atoms with Gasteiger partial charge in [0.2, 0.25) is 5.91 Å². The number of benzene rings is 1. The lowest BCUT2D eigenvalue weighted by Crippen LogP contribution is -2.37. The van der Waals surface area contributed by atoms with E-state index < -0.39 is 0 Å². The van der Waals surface area contributed by atoms with Crippen molar-refractivity contribution in [3.63, 3.8) is 0 Å². The first-order chi connectivity index (χ1) is 9.06. The summed E-state index contributed by atoms with van der Waals surface area (Å²) in [5.41, 5.74) is 1.14. The van der Waals surface area contributed by atoms with Crippen molar-refractivity contribution in [2.45, 2.75) is 25.8 Å². The maximum atomic E-state index is 12.9. The van der Waals surface area contributed by atoms with Gasteiger partial charge >= 0.3 is 0 Å². The molecule has 1 unspecified atom stereocenters. The largest absolute Gasteiger partial charge is 0.344 e. The summed E-state index contributed by atoms with van der Waals surface area (Å²) in [5.74, 6) is 0.0230. The summed E-state index contributed by atoms with van der Waals surface area (Å²) in [5, 5.41) is 0. The van der Waals surface area contributed by atoms with E-state index in [1.54, 1.807) is 4.90 Å². The molecule has 4 heteroatoms. The van der Waals surface area contributed by atoms with E-state index in [1.165, 1.54) is 12.1 Å². The molecule has 1 atom stereocenters. The summed E-state index contributed by atoms with van der Waals surface area (Å²) in [6, 6.07) is 7.04. The predicted molar refractivity (Wildman–Crippen MR) is 73.4 cm³/mol. The Morgan fingerprint density at radius 1 is 1.21 bits per heavy atom. The summed E-state index contributed by atoms with van der Waals surface area (Å²) in [7, 11) is 1.86. The van der Waals surface area contributed by atoms with Crippen molar-refractivity contribution >= 4 is 5.91 Å². The Hall–Kier alpha value is -1.42. The van der Waals surface area contributed by atoms with Crippen LogP contribution in [0.25, 0.3) is 0 Å². The average molecular weight is 264 g/mol. The van der Waals surface area contributed by atoms with Crippen LogP contribution in [0.3, 0.4) is 0 Å². The number of hydrogen-bond donors (Lipinski definition) is 0. The van der Waals surface area contributed by atoms with Crippen molar-refractivity contribution in [1.29, 1.82) is 0 Å². The molecule has 0 bridgehead atoms. The highest BCUT2D eigenvalue weighted by atomic mass is 19.1. The van der Waals surface area contributed by atoms with Gasteiger partial charge in [0.05, 0.1) is 0 Å². The molecule has 1 aromatic rings. The van der Waals surface area contributed by atoms with Crippen LogP contribution in [0.15, 0.2) is 24.3 Å². The number of carbonyl (C=O) groups is 1. The first-order valence-corrected chi connectivity index (χ1v) is 6.78. The highest BCUT2D eigenvalue weighted by molar-refractivity contribution is 5.76. The number of likely N-dealkylation sites (N-methyl/N-ethyl adjacent to an activating group) is 1. The van der Waals surface area contributed by atoms with Crippen molar-refractivity contribution in [2.75, 3.05) is 26.7 Å². The van der Waals surface area contributed by atoms with Gasteiger partial charge in [-0.05, 0) is 31.0 Å². The van der Waals surface area contributed by atoms with Crippen LogP contribution in [0.5, 0.6) is 0 Å². The zero-order valence-electron chi connectivity index (χ0n) is 11.6. The first kappa shape index (κ1) is 14.0. The fourth-order valence-corrected chi connectivity index (χ4v) is 2.48. The van der Waals surface area contributed by atoms with Crippen LogP contribution in [0.1, 0.15) is 18.9 Å². The minimum atomic E-state index is -0.196. The van der Waals surface area contributed by atoms with Crippen molar-refractivity contribution < 1.29 is 9.18 Å². The molecule has 104 valence electrons. The van der Waals surface area contributed by atoms with Crippen LogP contribution in [-0.4, -0.2) is 48.4 Å². The lowest BCUT2D eigenvalue weighted by Gasteiger charge is -2.27. The molecule has 1 amide bonds. The molecule has 1 aliphatic heterocycles. The van der Waals surface area contributed by atoms with E-state index in [9.17, 15) is 9.18 Å². The molecular formula is C15H21FN2O. The average Bonchev–Trinajstić information content (AvgIpc) is 2.56. The number of rotatable bonds is 3. The van der Waals surface area contributed by atoms with E-state index in [-0.39, 0.29) is 11.7 Å². The predicted octanol–water partition coefficient (Wildman–Crippen LogP) is 1.92. The standard InChI is InChI=1S/C15H21FN2O/c1-12(11-13-3-5-14(16)6-4-13)18-8-7-15(19)17(2)9-10-18/h3-6,12H,7-11H2,1-2H3. The van der Waals surface area contributed by atoms with Crippen LogP contribution in [0.4, 0.5) is 4.39 Å². The molecule has 3 nitrogen and oxygen atoms in total. The first-order valence-electron chi connectivity index (χ1n) is 6.78. The van der Waals surface area contributed by atoms with Crippen molar-refractivity contribution in [3.8, 4) is 0 Å². The van der Waals surface area contributed by atoms with Gasteiger partial charge in [0.25, 0.3) is 0 Å². The summed E-state index contributed by atoms with van der Waals surface area (Å²) in [6.07, 6.45) is 1.47. The third-order valence-electron chi connectivity index (χ3n) is 3.83. The normalized spacial score (nSPS) is 19.3. The van der Waals surface area contributed by atoms with E-state index in [1.807, 2.05) is 19.2 Å². The fourth-order valence-electron chi connectivity index (χ4n) is 2.48. The second kappa shape index (κ2) is 6.15. The van der Waals surface area contributed by atoms with E-state index >= 15 is 0 Å². The summed E-state index contributed by atoms with van der Waals surface area (Å²) in [6.45, 7) is 4.67. The van der Waals surface area contributed by atoms with Crippen LogP contribution in [0.2, 0.25) is 0 Å². The Balaban J connectivity index is 1.94. The molecule has 0 radical (unpaired) electrons. The molecule has 2 rings (SSSR count). The third-order valence-corrected chi connectivity index (χ3v) is 3.83. The SMILES string of the molecule is CC(Cc1ccc(F)cc1)N1CCC(=O)N(C)CC1. The maximum Gasteiger partial charge on any atom is 0.223 e. The van der Waals surface area contributed by atoms with Crippen molar-refractivity contribution in [2.24, 2.45) is 0 Å². The molecule has 1 heterocycles. The molecule has 1 saturated heterocycles. The lowest BCUT2D eigenvalue weighted by molar-refractivity contribution is -0.129. The molecule has 0 aliphatic carbocycles. The summed E-state index contributed by atoms with van der Waals surface area (Å²) < 4.78 is 12.9. The van der Waals surface area contributed by atoms with Gasteiger partial charge in [0.1, 0.15) is 5.82 Å². The van der Waals surface area contributed by atoms with E-state index in [0.29, 0.717) is 12.5 Å². The van der Waals surface area contributed by atoms with Gasteiger partial charge < -0.3 is 4.90 Å². The summed E-state index contributed by atoms with van der Waals surface area (Å²) >= 11 is 0. The van der Waals surface area contributed by atoms with E-state index in [0.717, 1.165) is 31.6 Å². The quantitative estimate of drug-likeness (QED) is 0.832. The van der Waals surface area contributed by atoms with Gasteiger partial charge in [-0.15, -0.1) is 0 Å². The molecule has 1 aromatic carbocycles. The topological polar surface area (TPSA) is 23.6 Å². The number of halogens is 1. The Bertz CT molecular complexity index is 432. The Morgan fingerprint density at radius 2 is 1.89 bits per heavy atom. The van der Waals surface area contributed by atoms with Crippen molar-refractivity contribution in [3.05, 3.63) is 35.6 Å². The van der Waals surface area contributed by atoms with Crippen LogP contribution < -0.4 is 0 Å². The number of nitrogens with zero attached hydrogens (tertiary/aromatic N) is 2. The second-order valence-electron chi connectivity index (χ2n) is 5.28. The summed E-state index contributed by atoms with van der Waals surface area (Å²) in [4.78, 5) is 15.8. The monoisotopic (exact) mass is 264 g/mol. The van der Waals surface area contributed by atoms with Crippen LogP contribution in [-0.2, 0) is 11.2 Å². The van der Waals surface area contributed by atoms with Gasteiger partial charge in [-0.2, -0.15) is 0 Å². The highest BCUT2D eigenvalue weighted by Crippen LogP contribution is 2.12. The zero-order valence-corrected chi connectivity index (χ0v) is 11.6. The molecule has 0 aromatic heterocycles. The van der Waals surface area contributed by atoms with Gasteiger partial charge in [-0.3, -0.25) is 9.69 Å². The highest BCUT2D eigenvalue weighted by Gasteiger charge is 2.21. The third kappa shape index (κ3) is 3.77. The number of amides is 1. The molecule has 19 heavy (non-hydrogen) atoms. The van der Waals surface area contributed by atoms with E-state index in [2.05, 4.69) is 11.8 Å². The van der Waals surface area contributed by atoms with Gasteiger partial charge in [0.15, 0.2) is 0 Å². The zero-order chi connectivity index (χ0) is 13.8. The van der Waals surface area contributed by atoms with Crippen LogP contribution >= 0.6 is 0 Å². The number of hydrogen-bond acceptors (Lipinski definition) is 2. The minimum absolute atomic E-state index is 0.196. The smallest absolute Gasteiger partial charge is 0.223 e. The maximum absolute atomic E-state index is 12.9. The molecule has 0 spiro atoms. The molecule has 0 saturated carbocycles. The Morgan fingerprint density at radius 3 is 2.58 bits per heavy atom. The van der Waals surface area contributed by atoms with Gasteiger partial charge in [0, 0.05) is 39.1 Å². The minimum Gasteiger partial charge on any atom is -0.344 e. The number of carbonyl (C=O) groups excluding carboxylic acids is 1. The van der Waals surface area contributed by atoms with E-state index in [4.69, 9.17) is 0 Å². The molecule has 0 N–H and O–H groups in total. The lowest BCUT2D eigenvalue weighted by atomic mass is 10.1. The van der Waals surface area contributed by atoms with Crippen LogP contribution in [0, 0.1) is 5.82 Å². The van der Waals surface area contributed by atoms with Gasteiger partial charge in [-0.1, -0.05) is 12.1 Å². The second-order valence-corrected chi connectivity index (χ2v) is 5.28. The van der Waals surface area contributed by atoms with Crippen molar-refractivity contribution in [1.82, 2.24) is 9.80 Å². The molecule has 1 fully saturated rings. The molecule has 1 aliphatic rings. The molecular weight excluding hydrogens is 243 g/mol. The Labute approximate surface area is 114 Å². The van der Waals surface area contributed by atoms with Gasteiger partial charge in [-0.25, -0.2) is 4.39 Å². The fraction of sp³-hybridized carbons (Fsp3) is 0.533. The Kier molecular flexibility index (Phi) is 4.53.